The summed E-state index contributed by atoms with van der Waals surface area (Å²) in [5.74, 6) is -0.303. The molecular formula is C10H19NO3. The summed E-state index contributed by atoms with van der Waals surface area (Å²) in [6, 6.07) is -0.471. The van der Waals surface area contributed by atoms with Gasteiger partial charge in [0, 0.05) is 6.61 Å². The van der Waals surface area contributed by atoms with Crippen molar-refractivity contribution in [3.8, 4) is 0 Å². The van der Waals surface area contributed by atoms with Gasteiger partial charge in [-0.2, -0.15) is 0 Å². The first-order valence-electron chi connectivity index (χ1n) is 5.28. The van der Waals surface area contributed by atoms with Gasteiger partial charge in [0.15, 0.2) is 0 Å². The maximum atomic E-state index is 11.3. The second-order valence-electron chi connectivity index (χ2n) is 3.66. The summed E-state index contributed by atoms with van der Waals surface area (Å²) < 4.78 is 10.4. The molecule has 2 atom stereocenters. The molecule has 1 saturated heterocycles. The standard InChI is InChI=1S/C10H19NO3/c1-2-4-9(11)10(12)14-7-8-5-3-6-13-8/h8-9H,2-7,11H2,1H3/t8?,9-/m0/s1. The molecule has 4 heteroatoms. The van der Waals surface area contributed by atoms with E-state index >= 15 is 0 Å². The Balaban J connectivity index is 2.13. The van der Waals surface area contributed by atoms with Gasteiger partial charge < -0.3 is 15.2 Å². The topological polar surface area (TPSA) is 61.6 Å². The lowest BCUT2D eigenvalue weighted by Gasteiger charge is -2.13. The van der Waals surface area contributed by atoms with Gasteiger partial charge in [-0.25, -0.2) is 0 Å². The van der Waals surface area contributed by atoms with Crippen molar-refractivity contribution in [1.29, 1.82) is 0 Å². The van der Waals surface area contributed by atoms with Gasteiger partial charge in [0.2, 0.25) is 0 Å². The molecule has 0 saturated carbocycles. The van der Waals surface area contributed by atoms with E-state index in [1.807, 2.05) is 6.92 Å². The van der Waals surface area contributed by atoms with Crippen LogP contribution < -0.4 is 5.73 Å². The number of carbonyl (C=O) groups excluding carboxylic acids is 1. The zero-order chi connectivity index (χ0) is 10.4. The Labute approximate surface area is 84.7 Å². The highest BCUT2D eigenvalue weighted by Gasteiger charge is 2.19. The lowest BCUT2D eigenvalue weighted by molar-refractivity contribution is -0.148. The van der Waals surface area contributed by atoms with Gasteiger partial charge in [0.05, 0.1) is 6.10 Å². The van der Waals surface area contributed by atoms with E-state index in [-0.39, 0.29) is 12.1 Å². The smallest absolute Gasteiger partial charge is 0.322 e. The van der Waals surface area contributed by atoms with Crippen LogP contribution in [-0.2, 0) is 14.3 Å². The van der Waals surface area contributed by atoms with E-state index in [0.717, 1.165) is 25.9 Å². The van der Waals surface area contributed by atoms with Crippen LogP contribution in [0, 0.1) is 0 Å². The van der Waals surface area contributed by atoms with Gasteiger partial charge >= 0.3 is 5.97 Å². The summed E-state index contributed by atoms with van der Waals surface area (Å²) >= 11 is 0. The second kappa shape index (κ2) is 5.98. The van der Waals surface area contributed by atoms with Crippen molar-refractivity contribution in [3.05, 3.63) is 0 Å². The van der Waals surface area contributed by atoms with E-state index in [4.69, 9.17) is 15.2 Å². The molecule has 1 fully saturated rings. The van der Waals surface area contributed by atoms with Crippen LogP contribution in [0.3, 0.4) is 0 Å². The fraction of sp³-hybridized carbons (Fsp3) is 0.900. The van der Waals surface area contributed by atoms with Crippen LogP contribution in [0.5, 0.6) is 0 Å². The highest BCUT2D eigenvalue weighted by atomic mass is 16.6. The number of nitrogens with two attached hydrogens (primary N) is 1. The van der Waals surface area contributed by atoms with Crippen molar-refractivity contribution in [2.75, 3.05) is 13.2 Å². The van der Waals surface area contributed by atoms with Gasteiger partial charge in [-0.1, -0.05) is 13.3 Å². The number of carbonyl (C=O) groups is 1. The Morgan fingerprint density at radius 2 is 2.50 bits per heavy atom. The van der Waals surface area contributed by atoms with Gasteiger partial charge in [-0.05, 0) is 19.3 Å². The summed E-state index contributed by atoms with van der Waals surface area (Å²) in [4.78, 5) is 11.3. The molecule has 1 unspecified atom stereocenters. The molecule has 14 heavy (non-hydrogen) atoms. The zero-order valence-electron chi connectivity index (χ0n) is 8.70. The van der Waals surface area contributed by atoms with Crippen molar-refractivity contribution in [3.63, 3.8) is 0 Å². The fourth-order valence-corrected chi connectivity index (χ4v) is 1.49. The molecule has 0 spiro atoms. The third-order valence-electron chi connectivity index (χ3n) is 2.34. The minimum absolute atomic E-state index is 0.0905. The minimum Gasteiger partial charge on any atom is -0.462 e. The first-order valence-corrected chi connectivity index (χ1v) is 5.28. The Kier molecular flexibility index (Phi) is 4.90. The van der Waals surface area contributed by atoms with Crippen LogP contribution in [0.25, 0.3) is 0 Å². The molecule has 0 amide bonds. The van der Waals surface area contributed by atoms with Crippen LogP contribution in [0.4, 0.5) is 0 Å². The molecule has 2 N–H and O–H groups in total. The monoisotopic (exact) mass is 201 g/mol. The molecule has 1 rings (SSSR count). The molecule has 0 radical (unpaired) electrons. The average molecular weight is 201 g/mol. The van der Waals surface area contributed by atoms with Gasteiger partial charge in [-0.15, -0.1) is 0 Å². The van der Waals surface area contributed by atoms with Gasteiger partial charge in [0.25, 0.3) is 0 Å². The quantitative estimate of drug-likeness (QED) is 0.669. The van der Waals surface area contributed by atoms with Crippen molar-refractivity contribution in [1.82, 2.24) is 0 Å². The Hall–Kier alpha value is -0.610. The maximum Gasteiger partial charge on any atom is 0.322 e. The number of hydrogen-bond acceptors (Lipinski definition) is 4. The van der Waals surface area contributed by atoms with E-state index in [1.165, 1.54) is 0 Å². The molecule has 0 aliphatic carbocycles. The van der Waals surface area contributed by atoms with Gasteiger partial charge in [-0.3, -0.25) is 4.79 Å². The predicted molar refractivity (Wildman–Crippen MR) is 52.8 cm³/mol. The number of ether oxygens (including phenoxy) is 2. The van der Waals surface area contributed by atoms with Crippen LogP contribution in [0.1, 0.15) is 32.6 Å². The third kappa shape index (κ3) is 3.64. The first-order chi connectivity index (χ1) is 6.74. The van der Waals surface area contributed by atoms with E-state index in [0.29, 0.717) is 13.0 Å². The molecule has 1 aliphatic heterocycles. The van der Waals surface area contributed by atoms with E-state index in [2.05, 4.69) is 0 Å². The van der Waals surface area contributed by atoms with E-state index in [9.17, 15) is 4.79 Å². The highest BCUT2D eigenvalue weighted by Crippen LogP contribution is 2.12. The number of rotatable bonds is 5. The maximum absolute atomic E-state index is 11.3. The number of esters is 1. The molecule has 0 aromatic heterocycles. The Morgan fingerprint density at radius 1 is 1.71 bits per heavy atom. The summed E-state index contributed by atoms with van der Waals surface area (Å²) in [6.45, 7) is 3.13. The summed E-state index contributed by atoms with van der Waals surface area (Å²) in [6.07, 6.45) is 3.72. The molecule has 1 heterocycles. The molecule has 0 aromatic carbocycles. The molecule has 0 bridgehead atoms. The van der Waals surface area contributed by atoms with E-state index in [1.54, 1.807) is 0 Å². The van der Waals surface area contributed by atoms with Crippen molar-refractivity contribution in [2.24, 2.45) is 5.73 Å². The summed E-state index contributed by atoms with van der Waals surface area (Å²) in [7, 11) is 0. The van der Waals surface area contributed by atoms with Crippen molar-refractivity contribution < 1.29 is 14.3 Å². The van der Waals surface area contributed by atoms with Crippen LogP contribution in [0.15, 0.2) is 0 Å². The molecule has 1 aliphatic rings. The molecule has 82 valence electrons. The van der Waals surface area contributed by atoms with Gasteiger partial charge in [0.1, 0.15) is 12.6 Å². The van der Waals surface area contributed by atoms with Crippen LogP contribution in [-0.4, -0.2) is 31.3 Å². The molecule has 0 aromatic rings. The van der Waals surface area contributed by atoms with E-state index < -0.39 is 6.04 Å². The number of hydrogen-bond donors (Lipinski definition) is 1. The summed E-state index contributed by atoms with van der Waals surface area (Å²) in [5.41, 5.74) is 5.60. The van der Waals surface area contributed by atoms with Crippen LogP contribution in [0.2, 0.25) is 0 Å². The fourth-order valence-electron chi connectivity index (χ4n) is 1.49. The SMILES string of the molecule is CCC[C@H](N)C(=O)OCC1CCCO1. The Morgan fingerprint density at radius 3 is 3.07 bits per heavy atom. The summed E-state index contributed by atoms with van der Waals surface area (Å²) in [5, 5.41) is 0. The lowest BCUT2D eigenvalue weighted by Crippen LogP contribution is -2.33. The largest absolute Gasteiger partial charge is 0.462 e. The molecule has 4 nitrogen and oxygen atoms in total. The van der Waals surface area contributed by atoms with Crippen LogP contribution >= 0.6 is 0 Å². The first kappa shape index (κ1) is 11.5. The second-order valence-corrected chi connectivity index (χ2v) is 3.66. The minimum atomic E-state index is -0.471. The Bertz CT molecular complexity index is 178. The lowest BCUT2D eigenvalue weighted by atomic mass is 10.2. The normalized spacial score (nSPS) is 23.4. The highest BCUT2D eigenvalue weighted by molar-refractivity contribution is 5.75. The van der Waals surface area contributed by atoms with Crippen molar-refractivity contribution >= 4 is 5.97 Å². The molecular weight excluding hydrogens is 182 g/mol. The van der Waals surface area contributed by atoms with Crippen molar-refractivity contribution in [2.45, 2.75) is 44.8 Å². The average Bonchev–Trinajstić information content (AvgIpc) is 2.67. The third-order valence-corrected chi connectivity index (χ3v) is 2.34. The zero-order valence-corrected chi connectivity index (χ0v) is 8.70. The predicted octanol–water partition coefficient (Wildman–Crippen LogP) is 0.836.